The lowest BCUT2D eigenvalue weighted by Gasteiger charge is -2.14. The van der Waals surface area contributed by atoms with Crippen LogP contribution in [0.2, 0.25) is 0 Å². The predicted octanol–water partition coefficient (Wildman–Crippen LogP) is 0.327. The number of aliphatic hydroxyl groups excluding tert-OH is 1. The molecule has 0 saturated heterocycles. The zero-order chi connectivity index (χ0) is 14.1. The van der Waals surface area contributed by atoms with Crippen LogP contribution >= 0.6 is 0 Å². The van der Waals surface area contributed by atoms with Crippen molar-refractivity contribution >= 4 is 9.84 Å². The first-order valence-electron chi connectivity index (χ1n) is 4.93. The molecule has 0 bridgehead atoms. The first-order chi connectivity index (χ1) is 8.20. The maximum Gasteiger partial charge on any atom is 0.186 e. The number of phenols is 1. The fourth-order valence-corrected chi connectivity index (χ4v) is 2.34. The van der Waals surface area contributed by atoms with Gasteiger partial charge in [-0.1, -0.05) is 0 Å². The monoisotopic (exact) mass is 281 g/mol. The zero-order valence-electron chi connectivity index (χ0n) is 9.74. The quantitative estimate of drug-likeness (QED) is 0.740. The average Bonchev–Trinajstić information content (AvgIpc) is 2.21. The molecule has 1 rings (SSSR count). The third kappa shape index (κ3) is 2.77. The molecule has 8 heteroatoms. The summed E-state index contributed by atoms with van der Waals surface area (Å²) < 4.78 is 49.5. The van der Waals surface area contributed by atoms with Gasteiger partial charge >= 0.3 is 0 Å². The molecule has 0 spiro atoms. The molecule has 18 heavy (non-hydrogen) atoms. The van der Waals surface area contributed by atoms with Crippen molar-refractivity contribution in [1.29, 1.82) is 0 Å². The highest BCUT2D eigenvalue weighted by molar-refractivity contribution is 7.90. The van der Waals surface area contributed by atoms with Gasteiger partial charge in [-0.3, -0.25) is 0 Å². The van der Waals surface area contributed by atoms with E-state index in [-0.39, 0.29) is 6.54 Å². The summed E-state index contributed by atoms with van der Waals surface area (Å²) in [5, 5.41) is 21.6. The lowest BCUT2D eigenvalue weighted by atomic mass is 10.1. The van der Waals surface area contributed by atoms with E-state index in [0.29, 0.717) is 12.3 Å². The molecule has 0 aliphatic heterocycles. The highest BCUT2D eigenvalue weighted by Gasteiger charge is 2.27. The Kier molecular flexibility index (Phi) is 4.25. The second-order valence-corrected chi connectivity index (χ2v) is 5.74. The Labute approximate surface area is 103 Å². The molecule has 0 radical (unpaired) electrons. The van der Waals surface area contributed by atoms with Crippen molar-refractivity contribution in [3.05, 3.63) is 23.3 Å². The Bertz CT molecular complexity index is 559. The van der Waals surface area contributed by atoms with Crippen LogP contribution in [-0.4, -0.2) is 38.5 Å². The molecule has 0 heterocycles. The molecule has 0 amide bonds. The standard InChI is InChI=1S/C10H13F2NO4S/c1-13-4-7(14)5-3-6(11)10(18(2,16)17)8(12)9(5)15/h3,7,13-15H,4H2,1-2H3. The van der Waals surface area contributed by atoms with E-state index in [1.165, 1.54) is 7.05 Å². The second kappa shape index (κ2) is 5.17. The maximum atomic E-state index is 13.6. The Hall–Kier alpha value is -1.25. The topological polar surface area (TPSA) is 86.6 Å². The van der Waals surface area contributed by atoms with Gasteiger partial charge in [-0.05, 0) is 13.1 Å². The highest BCUT2D eigenvalue weighted by Crippen LogP contribution is 2.33. The van der Waals surface area contributed by atoms with Crippen molar-refractivity contribution in [1.82, 2.24) is 5.32 Å². The number of phenolic OH excluding ortho intramolecular Hbond substituents is 1. The number of benzene rings is 1. The van der Waals surface area contributed by atoms with E-state index in [1.807, 2.05) is 0 Å². The minimum Gasteiger partial charge on any atom is -0.505 e. The summed E-state index contributed by atoms with van der Waals surface area (Å²) in [7, 11) is -2.65. The van der Waals surface area contributed by atoms with Crippen molar-refractivity contribution in [3.63, 3.8) is 0 Å². The normalized spacial score (nSPS) is 13.6. The van der Waals surface area contributed by atoms with Gasteiger partial charge in [0.2, 0.25) is 0 Å². The van der Waals surface area contributed by atoms with Crippen molar-refractivity contribution in [2.45, 2.75) is 11.0 Å². The van der Waals surface area contributed by atoms with Crippen LogP contribution in [0.3, 0.4) is 0 Å². The van der Waals surface area contributed by atoms with Gasteiger partial charge in [0.25, 0.3) is 0 Å². The Morgan fingerprint density at radius 3 is 2.44 bits per heavy atom. The van der Waals surface area contributed by atoms with Crippen LogP contribution in [0, 0.1) is 11.6 Å². The molecule has 0 aliphatic carbocycles. The van der Waals surface area contributed by atoms with E-state index >= 15 is 0 Å². The maximum absolute atomic E-state index is 13.6. The van der Waals surface area contributed by atoms with Crippen LogP contribution in [0.15, 0.2) is 11.0 Å². The number of rotatable bonds is 4. The number of aromatic hydroxyl groups is 1. The first kappa shape index (κ1) is 14.8. The van der Waals surface area contributed by atoms with E-state index < -0.39 is 43.8 Å². The summed E-state index contributed by atoms with van der Waals surface area (Å²) in [6.07, 6.45) is -0.731. The lowest BCUT2D eigenvalue weighted by molar-refractivity contribution is 0.172. The zero-order valence-corrected chi connectivity index (χ0v) is 10.6. The van der Waals surface area contributed by atoms with Gasteiger partial charge in [-0.25, -0.2) is 17.2 Å². The Morgan fingerprint density at radius 1 is 1.44 bits per heavy atom. The SMILES string of the molecule is CNCC(O)c1cc(F)c(S(C)(=O)=O)c(F)c1O. The van der Waals surface area contributed by atoms with Crippen LogP contribution in [0.4, 0.5) is 8.78 Å². The minimum atomic E-state index is -4.15. The number of nitrogens with one attached hydrogen (secondary N) is 1. The third-order valence-corrected chi connectivity index (χ3v) is 3.42. The minimum absolute atomic E-state index is 0.0509. The molecule has 0 aromatic heterocycles. The Balaban J connectivity index is 3.47. The first-order valence-corrected chi connectivity index (χ1v) is 6.82. The van der Waals surface area contributed by atoms with E-state index in [2.05, 4.69) is 5.32 Å². The van der Waals surface area contributed by atoms with Gasteiger partial charge in [-0.15, -0.1) is 0 Å². The summed E-state index contributed by atoms with van der Waals surface area (Å²) in [6.45, 7) is -0.0509. The summed E-state index contributed by atoms with van der Waals surface area (Å²) in [4.78, 5) is -1.21. The Morgan fingerprint density at radius 2 is 2.00 bits per heavy atom. The van der Waals surface area contributed by atoms with Crippen LogP contribution in [0.25, 0.3) is 0 Å². The van der Waals surface area contributed by atoms with Crippen LogP contribution in [0.5, 0.6) is 5.75 Å². The number of halogens is 2. The van der Waals surface area contributed by atoms with Crippen molar-refractivity contribution in [2.24, 2.45) is 0 Å². The highest BCUT2D eigenvalue weighted by atomic mass is 32.2. The number of likely N-dealkylation sites (N-methyl/N-ethyl adjacent to an activating group) is 1. The molecule has 1 aromatic carbocycles. The van der Waals surface area contributed by atoms with Gasteiger partial charge in [0.1, 0.15) is 10.7 Å². The van der Waals surface area contributed by atoms with Crippen LogP contribution in [0.1, 0.15) is 11.7 Å². The van der Waals surface area contributed by atoms with Gasteiger partial charge in [0.15, 0.2) is 21.4 Å². The van der Waals surface area contributed by atoms with Crippen molar-refractivity contribution in [3.8, 4) is 5.75 Å². The smallest absolute Gasteiger partial charge is 0.186 e. The fourth-order valence-electron chi connectivity index (χ4n) is 1.51. The third-order valence-electron chi connectivity index (χ3n) is 2.31. The largest absolute Gasteiger partial charge is 0.505 e. The molecule has 0 fully saturated rings. The van der Waals surface area contributed by atoms with E-state index in [4.69, 9.17) is 0 Å². The molecule has 0 saturated carbocycles. The predicted molar refractivity (Wildman–Crippen MR) is 60.0 cm³/mol. The van der Waals surface area contributed by atoms with Gasteiger partial charge in [-0.2, -0.15) is 0 Å². The van der Waals surface area contributed by atoms with Crippen molar-refractivity contribution in [2.75, 3.05) is 19.8 Å². The van der Waals surface area contributed by atoms with Crippen LogP contribution < -0.4 is 5.32 Å². The molecule has 5 nitrogen and oxygen atoms in total. The molecular weight excluding hydrogens is 268 g/mol. The summed E-state index contributed by atoms with van der Waals surface area (Å²) in [6, 6.07) is 0.608. The van der Waals surface area contributed by atoms with Crippen LogP contribution in [-0.2, 0) is 9.84 Å². The number of hydrogen-bond donors (Lipinski definition) is 3. The molecule has 102 valence electrons. The molecule has 0 aliphatic rings. The summed E-state index contributed by atoms with van der Waals surface area (Å²) >= 11 is 0. The van der Waals surface area contributed by atoms with Crippen molar-refractivity contribution < 1.29 is 27.4 Å². The molecule has 1 unspecified atom stereocenters. The van der Waals surface area contributed by atoms with Gasteiger partial charge in [0, 0.05) is 18.4 Å². The number of hydrogen-bond acceptors (Lipinski definition) is 5. The molecule has 3 N–H and O–H groups in total. The average molecular weight is 281 g/mol. The van der Waals surface area contributed by atoms with E-state index in [9.17, 15) is 27.4 Å². The fraction of sp³-hybridized carbons (Fsp3) is 0.400. The second-order valence-electron chi connectivity index (χ2n) is 3.78. The lowest BCUT2D eigenvalue weighted by Crippen LogP contribution is -2.18. The molecular formula is C10H13F2NO4S. The van der Waals surface area contributed by atoms with E-state index in [1.54, 1.807) is 0 Å². The van der Waals surface area contributed by atoms with Gasteiger partial charge in [0.05, 0.1) is 6.10 Å². The number of aliphatic hydroxyl groups is 1. The summed E-state index contributed by atoms with van der Waals surface area (Å²) in [5.74, 6) is -4.01. The number of sulfone groups is 1. The summed E-state index contributed by atoms with van der Waals surface area (Å²) in [5.41, 5.74) is -0.410. The van der Waals surface area contributed by atoms with E-state index in [0.717, 1.165) is 0 Å². The molecule has 1 aromatic rings. The van der Waals surface area contributed by atoms with Gasteiger partial charge < -0.3 is 15.5 Å². The molecule has 1 atom stereocenters.